The number of carbonyl (C=O) groups is 3. The minimum absolute atomic E-state index is 0.0504. The first kappa shape index (κ1) is 19.8. The van der Waals surface area contributed by atoms with Gasteiger partial charge in [0.15, 0.2) is 0 Å². The number of nitrogens with one attached hydrogen (secondary N) is 2. The Balaban J connectivity index is 1.89. The molecule has 0 radical (unpaired) electrons. The standard InChI is InChI=1S/C19H20N2O6/c22-17(23)11-20-19(26)21-16(18(24)25)10-13-6-8-15(9-7-13)27-12-14-4-2-1-3-5-14/h1-9,16H,10-12H2,(H,22,23)(H,24,25)(H2,20,21,26)/t16-/m0/s1. The third kappa shape index (κ3) is 7.07. The highest BCUT2D eigenvalue weighted by Gasteiger charge is 2.20. The van der Waals surface area contributed by atoms with Gasteiger partial charge in [0.2, 0.25) is 0 Å². The summed E-state index contributed by atoms with van der Waals surface area (Å²) >= 11 is 0. The molecule has 0 fully saturated rings. The van der Waals surface area contributed by atoms with Gasteiger partial charge in [-0.3, -0.25) is 4.79 Å². The highest BCUT2D eigenvalue weighted by atomic mass is 16.5. The monoisotopic (exact) mass is 372 g/mol. The fourth-order valence-electron chi connectivity index (χ4n) is 2.26. The Morgan fingerprint density at radius 1 is 0.926 bits per heavy atom. The first-order chi connectivity index (χ1) is 12.9. The van der Waals surface area contributed by atoms with Gasteiger partial charge in [-0.05, 0) is 23.3 Å². The number of hydrogen-bond acceptors (Lipinski definition) is 4. The van der Waals surface area contributed by atoms with Crippen LogP contribution in [-0.2, 0) is 22.6 Å². The van der Waals surface area contributed by atoms with E-state index in [1.165, 1.54) is 0 Å². The van der Waals surface area contributed by atoms with Crippen molar-refractivity contribution < 1.29 is 29.3 Å². The van der Waals surface area contributed by atoms with E-state index in [2.05, 4.69) is 10.6 Å². The van der Waals surface area contributed by atoms with Crippen LogP contribution in [-0.4, -0.2) is 40.8 Å². The summed E-state index contributed by atoms with van der Waals surface area (Å²) < 4.78 is 5.67. The van der Waals surface area contributed by atoms with E-state index in [4.69, 9.17) is 9.84 Å². The van der Waals surface area contributed by atoms with Gasteiger partial charge < -0.3 is 25.6 Å². The predicted molar refractivity (Wildman–Crippen MR) is 96.5 cm³/mol. The largest absolute Gasteiger partial charge is 0.489 e. The number of benzene rings is 2. The van der Waals surface area contributed by atoms with E-state index in [0.717, 1.165) is 5.56 Å². The molecule has 8 heteroatoms. The molecule has 2 aromatic rings. The van der Waals surface area contributed by atoms with Crippen LogP contribution in [0, 0.1) is 0 Å². The van der Waals surface area contributed by atoms with Gasteiger partial charge in [-0.15, -0.1) is 0 Å². The number of urea groups is 1. The van der Waals surface area contributed by atoms with Crippen LogP contribution < -0.4 is 15.4 Å². The van der Waals surface area contributed by atoms with Crippen LogP contribution in [0.5, 0.6) is 5.75 Å². The maximum absolute atomic E-state index is 11.6. The van der Waals surface area contributed by atoms with Crippen molar-refractivity contribution in [3.05, 3.63) is 65.7 Å². The molecule has 0 saturated carbocycles. The molecule has 0 spiro atoms. The number of rotatable bonds is 9. The molecule has 2 rings (SSSR count). The number of hydrogen-bond donors (Lipinski definition) is 4. The Morgan fingerprint density at radius 2 is 1.59 bits per heavy atom. The minimum atomic E-state index is -1.22. The normalized spacial score (nSPS) is 11.3. The number of carboxylic acids is 2. The molecule has 0 unspecified atom stereocenters. The maximum Gasteiger partial charge on any atom is 0.326 e. The highest BCUT2D eigenvalue weighted by Crippen LogP contribution is 2.15. The molecule has 0 heterocycles. The SMILES string of the molecule is O=C(O)CNC(=O)N[C@@H](Cc1ccc(OCc2ccccc2)cc1)C(=O)O. The van der Waals surface area contributed by atoms with Crippen LogP contribution in [0.1, 0.15) is 11.1 Å². The van der Waals surface area contributed by atoms with Gasteiger partial charge in [0, 0.05) is 6.42 Å². The van der Waals surface area contributed by atoms with Crippen molar-refractivity contribution >= 4 is 18.0 Å². The molecule has 0 aromatic heterocycles. The number of carboxylic acid groups (broad SMARTS) is 2. The summed E-state index contributed by atoms with van der Waals surface area (Å²) in [5, 5.41) is 22.1. The van der Waals surface area contributed by atoms with Crippen LogP contribution in [0.4, 0.5) is 4.79 Å². The molecule has 142 valence electrons. The van der Waals surface area contributed by atoms with Crippen molar-refractivity contribution in [2.75, 3.05) is 6.54 Å². The summed E-state index contributed by atoms with van der Waals surface area (Å²) in [6.45, 7) is -0.172. The van der Waals surface area contributed by atoms with Crippen molar-refractivity contribution in [2.24, 2.45) is 0 Å². The molecule has 0 aliphatic heterocycles. The summed E-state index contributed by atoms with van der Waals surface area (Å²) in [6, 6.07) is 14.5. The number of amides is 2. The van der Waals surface area contributed by atoms with Crippen molar-refractivity contribution in [1.29, 1.82) is 0 Å². The lowest BCUT2D eigenvalue weighted by atomic mass is 10.1. The third-order valence-corrected chi connectivity index (χ3v) is 3.62. The third-order valence-electron chi connectivity index (χ3n) is 3.62. The molecule has 0 saturated heterocycles. The summed E-state index contributed by atoms with van der Waals surface area (Å²) in [6.07, 6.45) is 0.0504. The van der Waals surface area contributed by atoms with Gasteiger partial charge >= 0.3 is 18.0 Å². The van der Waals surface area contributed by atoms with E-state index < -0.39 is 30.6 Å². The smallest absolute Gasteiger partial charge is 0.326 e. The molecule has 27 heavy (non-hydrogen) atoms. The van der Waals surface area contributed by atoms with Crippen molar-refractivity contribution in [2.45, 2.75) is 19.1 Å². The molecule has 2 aromatic carbocycles. The zero-order chi connectivity index (χ0) is 19.6. The van der Waals surface area contributed by atoms with Gasteiger partial charge in [0.1, 0.15) is 24.9 Å². The summed E-state index contributed by atoms with van der Waals surface area (Å²) in [7, 11) is 0. The maximum atomic E-state index is 11.6. The van der Waals surface area contributed by atoms with Crippen LogP contribution in [0.25, 0.3) is 0 Å². The summed E-state index contributed by atoms with van der Waals surface area (Å²) in [5.41, 5.74) is 1.72. The van der Waals surface area contributed by atoms with Crippen molar-refractivity contribution in [3.63, 3.8) is 0 Å². The average molecular weight is 372 g/mol. The lowest BCUT2D eigenvalue weighted by molar-refractivity contribution is -0.139. The van der Waals surface area contributed by atoms with Gasteiger partial charge in [-0.2, -0.15) is 0 Å². The molecule has 8 nitrogen and oxygen atoms in total. The van der Waals surface area contributed by atoms with E-state index in [9.17, 15) is 19.5 Å². The van der Waals surface area contributed by atoms with Gasteiger partial charge in [0.05, 0.1) is 0 Å². The number of aliphatic carboxylic acids is 2. The minimum Gasteiger partial charge on any atom is -0.489 e. The Kier molecular flexibility index (Phi) is 7.18. The van der Waals surface area contributed by atoms with Crippen LogP contribution in [0.15, 0.2) is 54.6 Å². The first-order valence-corrected chi connectivity index (χ1v) is 8.18. The number of carbonyl (C=O) groups excluding carboxylic acids is 1. The lowest BCUT2D eigenvalue weighted by Crippen LogP contribution is -2.48. The zero-order valence-electron chi connectivity index (χ0n) is 14.4. The molecule has 4 N–H and O–H groups in total. The van der Waals surface area contributed by atoms with Gasteiger partial charge in [0.25, 0.3) is 0 Å². The molecule has 0 bridgehead atoms. The zero-order valence-corrected chi connectivity index (χ0v) is 14.4. The van der Waals surface area contributed by atoms with Gasteiger partial charge in [-0.1, -0.05) is 42.5 Å². The Hall–Kier alpha value is -3.55. The second-order valence-corrected chi connectivity index (χ2v) is 5.73. The lowest BCUT2D eigenvalue weighted by Gasteiger charge is -2.15. The van der Waals surface area contributed by atoms with E-state index in [1.54, 1.807) is 24.3 Å². The highest BCUT2D eigenvalue weighted by molar-refractivity contribution is 5.84. The molecule has 0 aliphatic rings. The Labute approximate surface area is 155 Å². The van der Waals surface area contributed by atoms with Crippen LogP contribution >= 0.6 is 0 Å². The molecular formula is C19H20N2O6. The summed E-state index contributed by atoms with van der Waals surface area (Å²) in [5.74, 6) is -1.80. The predicted octanol–water partition coefficient (Wildman–Crippen LogP) is 1.65. The second-order valence-electron chi connectivity index (χ2n) is 5.73. The van der Waals surface area contributed by atoms with Crippen molar-refractivity contribution in [1.82, 2.24) is 10.6 Å². The Bertz CT molecular complexity index is 777. The quantitative estimate of drug-likeness (QED) is 0.530. The molecule has 2 amide bonds. The fraction of sp³-hybridized carbons (Fsp3) is 0.211. The van der Waals surface area contributed by atoms with E-state index in [0.29, 0.717) is 17.9 Å². The van der Waals surface area contributed by atoms with E-state index in [-0.39, 0.29) is 6.42 Å². The number of ether oxygens (including phenoxy) is 1. The molecule has 0 aliphatic carbocycles. The second kappa shape index (κ2) is 9.81. The fourth-order valence-corrected chi connectivity index (χ4v) is 2.26. The topological polar surface area (TPSA) is 125 Å². The Morgan fingerprint density at radius 3 is 2.19 bits per heavy atom. The van der Waals surface area contributed by atoms with Crippen molar-refractivity contribution in [3.8, 4) is 5.75 Å². The van der Waals surface area contributed by atoms with E-state index >= 15 is 0 Å². The summed E-state index contributed by atoms with van der Waals surface area (Å²) in [4.78, 5) is 33.3. The first-order valence-electron chi connectivity index (χ1n) is 8.18. The van der Waals surface area contributed by atoms with Crippen LogP contribution in [0.2, 0.25) is 0 Å². The van der Waals surface area contributed by atoms with Gasteiger partial charge in [-0.25, -0.2) is 9.59 Å². The van der Waals surface area contributed by atoms with Crippen LogP contribution in [0.3, 0.4) is 0 Å². The molecular weight excluding hydrogens is 352 g/mol. The molecule has 1 atom stereocenters. The average Bonchev–Trinajstić information content (AvgIpc) is 2.66. The van der Waals surface area contributed by atoms with E-state index in [1.807, 2.05) is 30.3 Å².